The minimum absolute atomic E-state index is 0.0234. The zero-order valence-corrected chi connectivity index (χ0v) is 16.4. The van der Waals surface area contributed by atoms with Gasteiger partial charge in [-0.25, -0.2) is 8.78 Å². The Balaban J connectivity index is 1.69. The first kappa shape index (κ1) is 20.3. The summed E-state index contributed by atoms with van der Waals surface area (Å²) in [6.45, 7) is 1.26. The van der Waals surface area contributed by atoms with E-state index in [1.807, 2.05) is 17.0 Å². The van der Waals surface area contributed by atoms with Crippen molar-refractivity contribution in [2.75, 3.05) is 33.3 Å². The molecule has 6 nitrogen and oxygen atoms in total. The Morgan fingerprint density at radius 2 is 1.73 bits per heavy atom. The Morgan fingerprint density at radius 3 is 2.33 bits per heavy atom. The van der Waals surface area contributed by atoms with Crippen LogP contribution in [0.1, 0.15) is 22.0 Å². The first-order valence-corrected chi connectivity index (χ1v) is 9.72. The number of rotatable bonds is 5. The highest BCUT2D eigenvalue weighted by Gasteiger charge is 2.50. The van der Waals surface area contributed by atoms with Gasteiger partial charge in [0.05, 0.1) is 19.7 Å². The monoisotopic (exact) mass is 416 g/mol. The molecule has 30 heavy (non-hydrogen) atoms. The van der Waals surface area contributed by atoms with Gasteiger partial charge < -0.3 is 14.7 Å². The summed E-state index contributed by atoms with van der Waals surface area (Å²) in [7, 11) is 1.55. The van der Waals surface area contributed by atoms with Gasteiger partial charge in [0.15, 0.2) is 0 Å². The molecule has 0 bridgehead atoms. The second kappa shape index (κ2) is 8.02. The highest BCUT2D eigenvalue weighted by atomic mass is 19.1. The maximum Gasteiger partial charge on any atom is 0.317 e. The van der Waals surface area contributed by atoms with Crippen molar-refractivity contribution >= 4 is 11.9 Å². The van der Waals surface area contributed by atoms with Crippen LogP contribution in [0.3, 0.4) is 0 Å². The molecule has 2 aliphatic rings. The molecule has 1 N–H and O–H groups in total. The summed E-state index contributed by atoms with van der Waals surface area (Å²) in [6, 6.07) is 10.2. The average molecular weight is 416 g/mol. The lowest BCUT2D eigenvalue weighted by Crippen LogP contribution is -2.37. The van der Waals surface area contributed by atoms with Crippen molar-refractivity contribution in [3.63, 3.8) is 0 Å². The van der Waals surface area contributed by atoms with E-state index in [2.05, 4.69) is 0 Å². The number of halogens is 2. The Morgan fingerprint density at radius 1 is 1.07 bits per heavy atom. The van der Waals surface area contributed by atoms with Crippen molar-refractivity contribution in [2.45, 2.75) is 6.04 Å². The predicted molar refractivity (Wildman–Crippen MR) is 104 cm³/mol. The molecule has 0 aliphatic carbocycles. The lowest BCUT2D eigenvalue weighted by atomic mass is 9.89. The number of fused-ring (bicyclic) bond motifs is 1. The van der Waals surface area contributed by atoms with Crippen LogP contribution in [0, 0.1) is 23.5 Å². The molecule has 0 saturated carbocycles. The highest BCUT2D eigenvalue weighted by molar-refractivity contribution is 5.95. The van der Waals surface area contributed by atoms with Gasteiger partial charge in [-0.1, -0.05) is 18.2 Å². The quantitative estimate of drug-likeness (QED) is 0.812. The number of carboxylic acid groups (broad SMARTS) is 1. The van der Waals surface area contributed by atoms with Crippen molar-refractivity contribution in [1.29, 1.82) is 0 Å². The second-order valence-corrected chi connectivity index (χ2v) is 7.78. The third kappa shape index (κ3) is 3.63. The van der Waals surface area contributed by atoms with E-state index in [1.165, 1.54) is 11.0 Å². The number of likely N-dealkylation sites (tertiary alicyclic amines) is 2. The van der Waals surface area contributed by atoms with Gasteiger partial charge in [0.25, 0.3) is 5.91 Å². The van der Waals surface area contributed by atoms with Crippen molar-refractivity contribution in [3.8, 4) is 5.75 Å². The molecule has 1 amide bonds. The van der Waals surface area contributed by atoms with Crippen LogP contribution in [0.4, 0.5) is 8.78 Å². The van der Waals surface area contributed by atoms with Crippen molar-refractivity contribution in [1.82, 2.24) is 9.80 Å². The first-order valence-electron chi connectivity index (χ1n) is 9.72. The number of carbonyl (C=O) groups is 2. The van der Waals surface area contributed by atoms with Crippen molar-refractivity contribution in [3.05, 3.63) is 65.2 Å². The van der Waals surface area contributed by atoms with Crippen molar-refractivity contribution < 1.29 is 28.2 Å². The predicted octanol–water partition coefficient (Wildman–Crippen LogP) is 2.80. The van der Waals surface area contributed by atoms with Gasteiger partial charge >= 0.3 is 5.97 Å². The van der Waals surface area contributed by atoms with Gasteiger partial charge in [0.2, 0.25) is 0 Å². The van der Waals surface area contributed by atoms with Crippen molar-refractivity contribution in [2.24, 2.45) is 11.8 Å². The normalized spacial score (nSPS) is 23.4. The molecule has 2 aliphatic heterocycles. The lowest BCUT2D eigenvalue weighted by Gasteiger charge is -2.30. The molecule has 0 radical (unpaired) electrons. The van der Waals surface area contributed by atoms with Gasteiger partial charge in [-0.15, -0.1) is 0 Å². The molecule has 8 heteroatoms. The molecule has 2 saturated heterocycles. The topological polar surface area (TPSA) is 70.1 Å². The lowest BCUT2D eigenvalue weighted by molar-refractivity contribution is -0.138. The highest BCUT2D eigenvalue weighted by Crippen LogP contribution is 2.46. The summed E-state index contributed by atoms with van der Waals surface area (Å²) in [5, 5.41) is 9.12. The number of benzene rings is 2. The zero-order valence-electron chi connectivity index (χ0n) is 16.4. The van der Waals surface area contributed by atoms with Crippen LogP contribution >= 0.6 is 0 Å². The molecule has 158 valence electrons. The Bertz CT molecular complexity index is 946. The standard InChI is InChI=1S/C22H22F2N2O4/c1-30-15-7-5-13(6-8-15)21-16-11-25(12-19(27)28)9-14(16)10-26(21)22(29)20-17(23)3-2-4-18(20)24/h2-8,14,16,21H,9-12H2,1H3,(H,27,28)/t14-,16-,21-/m0/s1. The number of amides is 1. The second-order valence-electron chi connectivity index (χ2n) is 7.78. The summed E-state index contributed by atoms with van der Waals surface area (Å²) in [5.74, 6) is -2.73. The van der Waals surface area contributed by atoms with Crippen LogP contribution in [-0.2, 0) is 4.79 Å². The summed E-state index contributed by atoms with van der Waals surface area (Å²) in [5.41, 5.74) is 0.268. The van der Waals surface area contributed by atoms with E-state index < -0.39 is 35.1 Å². The van der Waals surface area contributed by atoms with Gasteiger partial charge in [0, 0.05) is 25.6 Å². The maximum absolute atomic E-state index is 14.3. The molecule has 3 atom stereocenters. The van der Waals surface area contributed by atoms with E-state index in [0.29, 0.717) is 25.4 Å². The molecule has 0 unspecified atom stereocenters. The maximum atomic E-state index is 14.3. The Labute approximate surface area is 172 Å². The number of ether oxygens (including phenoxy) is 1. The number of carboxylic acids is 1. The molecule has 2 aromatic rings. The summed E-state index contributed by atoms with van der Waals surface area (Å²) in [4.78, 5) is 27.7. The minimum Gasteiger partial charge on any atom is -0.497 e. The molecular formula is C22H22F2N2O4. The Hall–Kier alpha value is -3.00. The van der Waals surface area contributed by atoms with E-state index >= 15 is 0 Å². The number of aliphatic carboxylic acids is 1. The van der Waals surface area contributed by atoms with Crippen LogP contribution in [0.25, 0.3) is 0 Å². The summed E-state index contributed by atoms with van der Waals surface area (Å²) >= 11 is 0. The summed E-state index contributed by atoms with van der Waals surface area (Å²) in [6.07, 6.45) is 0. The fourth-order valence-electron chi connectivity index (χ4n) is 4.74. The Kier molecular flexibility index (Phi) is 5.42. The molecule has 2 heterocycles. The van der Waals surface area contributed by atoms with Crippen LogP contribution in [0.2, 0.25) is 0 Å². The van der Waals surface area contributed by atoms with Gasteiger partial charge in [0.1, 0.15) is 22.9 Å². The number of carbonyl (C=O) groups excluding carboxylic acids is 1. The SMILES string of the molecule is COc1ccc([C@H]2[C@H]3CN(CC(=O)O)C[C@H]3CN2C(=O)c2c(F)cccc2F)cc1. The number of hydrogen-bond acceptors (Lipinski definition) is 4. The van der Waals surface area contributed by atoms with Crippen LogP contribution in [-0.4, -0.2) is 60.1 Å². The molecule has 2 aromatic carbocycles. The number of nitrogens with zero attached hydrogens (tertiary/aromatic N) is 2. The minimum atomic E-state index is -0.905. The van der Waals surface area contributed by atoms with Crippen LogP contribution in [0.5, 0.6) is 5.75 Å². The largest absolute Gasteiger partial charge is 0.497 e. The van der Waals surface area contributed by atoms with E-state index in [0.717, 1.165) is 17.7 Å². The van der Waals surface area contributed by atoms with Crippen LogP contribution in [0.15, 0.2) is 42.5 Å². The number of methoxy groups -OCH3 is 1. The molecule has 0 aromatic heterocycles. The average Bonchev–Trinajstić information content (AvgIpc) is 3.24. The fourth-order valence-corrected chi connectivity index (χ4v) is 4.74. The van der Waals surface area contributed by atoms with E-state index in [9.17, 15) is 18.4 Å². The van der Waals surface area contributed by atoms with Crippen LogP contribution < -0.4 is 4.74 Å². The van der Waals surface area contributed by atoms with Gasteiger partial charge in [-0.05, 0) is 35.7 Å². The van der Waals surface area contributed by atoms with Gasteiger partial charge in [-0.3, -0.25) is 14.5 Å². The fraction of sp³-hybridized carbons (Fsp3) is 0.364. The van der Waals surface area contributed by atoms with Gasteiger partial charge in [-0.2, -0.15) is 0 Å². The molecule has 0 spiro atoms. The zero-order chi connectivity index (χ0) is 21.4. The molecule has 4 rings (SSSR count). The third-order valence-corrected chi connectivity index (χ3v) is 5.99. The third-order valence-electron chi connectivity index (χ3n) is 5.99. The number of hydrogen-bond donors (Lipinski definition) is 1. The van der Waals surface area contributed by atoms with E-state index in [1.54, 1.807) is 19.2 Å². The smallest absolute Gasteiger partial charge is 0.317 e. The molecular weight excluding hydrogens is 394 g/mol. The van der Waals surface area contributed by atoms with E-state index in [-0.39, 0.29) is 18.4 Å². The van der Waals surface area contributed by atoms with E-state index in [4.69, 9.17) is 9.84 Å². The summed E-state index contributed by atoms with van der Waals surface area (Å²) < 4.78 is 33.8. The molecule has 2 fully saturated rings. The first-order chi connectivity index (χ1) is 14.4.